The van der Waals surface area contributed by atoms with Crippen molar-refractivity contribution in [2.75, 3.05) is 0 Å². The van der Waals surface area contributed by atoms with Crippen LogP contribution in [0.1, 0.15) is 89.7 Å². The van der Waals surface area contributed by atoms with E-state index in [2.05, 4.69) is 6.07 Å². The van der Waals surface area contributed by atoms with Gasteiger partial charge in [-0.05, 0) is 50.3 Å². The molecule has 1 spiro atoms. The van der Waals surface area contributed by atoms with Gasteiger partial charge in [0.1, 0.15) is 28.6 Å². The number of benzene rings is 2. The SMILES string of the molecule is CC(=O)Oc1ccc2c(c1)OC1(c3ccc(OC(C)=O)cc3OC(C)=O)CCCCC1C21CCCCC1. The summed E-state index contributed by atoms with van der Waals surface area (Å²) in [5, 5.41) is 0. The molecule has 0 N–H and O–H groups in total. The standard InChI is InChI=1S/C30H34O7/c1-19(31)34-22-11-13-25(26(17-22)36-21(3)33)30-16-8-5-9-28(30)29(14-6-4-7-15-29)24-12-10-23(35-20(2)32)18-27(24)37-30/h10-13,17-18,28H,4-9,14-16H2,1-3H3. The van der Waals surface area contributed by atoms with Crippen LogP contribution in [0.15, 0.2) is 36.4 Å². The largest absolute Gasteiger partial charge is 0.482 e. The van der Waals surface area contributed by atoms with Gasteiger partial charge in [0, 0.05) is 55.4 Å². The summed E-state index contributed by atoms with van der Waals surface area (Å²) in [4.78, 5) is 35.5. The zero-order chi connectivity index (χ0) is 26.2. The minimum Gasteiger partial charge on any atom is -0.482 e. The molecular weight excluding hydrogens is 472 g/mol. The van der Waals surface area contributed by atoms with E-state index in [0.29, 0.717) is 17.2 Å². The first-order valence-electron chi connectivity index (χ1n) is 13.3. The number of rotatable bonds is 4. The Labute approximate surface area is 217 Å². The number of hydrogen-bond acceptors (Lipinski definition) is 7. The van der Waals surface area contributed by atoms with E-state index in [4.69, 9.17) is 18.9 Å². The van der Waals surface area contributed by atoms with Gasteiger partial charge >= 0.3 is 17.9 Å². The Kier molecular flexibility index (Phi) is 6.73. The maximum absolute atomic E-state index is 12.2. The first-order chi connectivity index (χ1) is 17.7. The van der Waals surface area contributed by atoms with E-state index in [1.165, 1.54) is 32.8 Å². The number of carbonyl (C=O) groups excluding carboxylic acids is 3. The van der Waals surface area contributed by atoms with E-state index in [9.17, 15) is 14.4 Å². The van der Waals surface area contributed by atoms with Crippen molar-refractivity contribution in [2.24, 2.45) is 5.92 Å². The van der Waals surface area contributed by atoms with Gasteiger partial charge in [0.25, 0.3) is 0 Å². The van der Waals surface area contributed by atoms with Crippen molar-refractivity contribution < 1.29 is 33.3 Å². The van der Waals surface area contributed by atoms with E-state index >= 15 is 0 Å². The maximum atomic E-state index is 12.2. The highest BCUT2D eigenvalue weighted by molar-refractivity contribution is 5.72. The summed E-state index contributed by atoms with van der Waals surface area (Å²) in [7, 11) is 0. The molecule has 3 aliphatic rings. The molecule has 5 rings (SSSR count). The molecule has 196 valence electrons. The summed E-state index contributed by atoms with van der Waals surface area (Å²) in [5.41, 5.74) is 1.13. The highest BCUT2D eigenvalue weighted by Crippen LogP contribution is 2.64. The molecule has 2 unspecified atom stereocenters. The monoisotopic (exact) mass is 506 g/mol. The van der Waals surface area contributed by atoms with E-state index in [1.54, 1.807) is 12.1 Å². The van der Waals surface area contributed by atoms with Gasteiger partial charge in [-0.2, -0.15) is 0 Å². The molecule has 0 bridgehead atoms. The third-order valence-corrected chi connectivity index (χ3v) is 8.23. The lowest BCUT2D eigenvalue weighted by Crippen LogP contribution is -2.57. The number of hydrogen-bond donors (Lipinski definition) is 0. The van der Waals surface area contributed by atoms with Crippen LogP contribution in [0.2, 0.25) is 0 Å². The molecule has 37 heavy (non-hydrogen) atoms. The molecular formula is C30H34O7. The molecule has 7 heteroatoms. The predicted octanol–water partition coefficient (Wildman–Crippen LogP) is 6.14. The van der Waals surface area contributed by atoms with Gasteiger partial charge in [-0.1, -0.05) is 31.7 Å². The molecule has 2 aromatic rings. The topological polar surface area (TPSA) is 88.1 Å². The Balaban J connectivity index is 1.71. The fourth-order valence-corrected chi connectivity index (χ4v) is 7.10. The molecule has 2 saturated carbocycles. The third-order valence-electron chi connectivity index (χ3n) is 8.23. The van der Waals surface area contributed by atoms with Gasteiger partial charge < -0.3 is 18.9 Å². The van der Waals surface area contributed by atoms with Crippen LogP contribution in [-0.4, -0.2) is 17.9 Å². The second-order valence-corrected chi connectivity index (χ2v) is 10.6. The van der Waals surface area contributed by atoms with E-state index in [-0.39, 0.29) is 17.3 Å². The van der Waals surface area contributed by atoms with Crippen LogP contribution in [0.5, 0.6) is 23.0 Å². The molecule has 2 aromatic carbocycles. The molecule has 1 heterocycles. The van der Waals surface area contributed by atoms with E-state index in [0.717, 1.165) is 62.7 Å². The van der Waals surface area contributed by atoms with Gasteiger partial charge in [-0.3, -0.25) is 14.4 Å². The van der Waals surface area contributed by atoms with Gasteiger partial charge in [-0.15, -0.1) is 0 Å². The summed E-state index contributed by atoms with van der Waals surface area (Å²) in [6.45, 7) is 4.09. The molecule has 1 aliphatic heterocycles. The maximum Gasteiger partial charge on any atom is 0.308 e. The Morgan fingerprint density at radius 3 is 1.97 bits per heavy atom. The average molecular weight is 507 g/mol. The Morgan fingerprint density at radius 2 is 1.32 bits per heavy atom. The first-order valence-corrected chi connectivity index (χ1v) is 13.3. The van der Waals surface area contributed by atoms with Crippen LogP contribution in [0.25, 0.3) is 0 Å². The molecule has 2 aliphatic carbocycles. The minimum absolute atomic E-state index is 0.0942. The van der Waals surface area contributed by atoms with Crippen molar-refractivity contribution >= 4 is 17.9 Å². The molecule has 0 amide bonds. The number of ether oxygens (including phenoxy) is 4. The fraction of sp³-hybridized carbons (Fsp3) is 0.500. The lowest BCUT2D eigenvalue weighted by atomic mass is 9.51. The van der Waals surface area contributed by atoms with Gasteiger partial charge in [0.2, 0.25) is 0 Å². The zero-order valence-electron chi connectivity index (χ0n) is 21.8. The summed E-state index contributed by atoms with van der Waals surface area (Å²) in [5.74, 6) is 0.730. The van der Waals surface area contributed by atoms with Crippen LogP contribution in [-0.2, 0) is 25.4 Å². The first kappa shape index (κ1) is 25.3. The highest BCUT2D eigenvalue weighted by atomic mass is 16.6. The van der Waals surface area contributed by atoms with Crippen molar-refractivity contribution in [3.8, 4) is 23.0 Å². The van der Waals surface area contributed by atoms with Crippen LogP contribution >= 0.6 is 0 Å². The molecule has 2 atom stereocenters. The lowest BCUT2D eigenvalue weighted by Gasteiger charge is -2.58. The molecule has 7 nitrogen and oxygen atoms in total. The van der Waals surface area contributed by atoms with Crippen molar-refractivity contribution in [1.29, 1.82) is 0 Å². The molecule has 0 aromatic heterocycles. The minimum atomic E-state index is -0.739. The van der Waals surface area contributed by atoms with Crippen molar-refractivity contribution in [3.05, 3.63) is 47.5 Å². The Bertz CT molecular complexity index is 1230. The quantitative estimate of drug-likeness (QED) is 0.363. The molecule has 0 radical (unpaired) electrons. The number of carbonyl (C=O) groups is 3. The molecule has 0 saturated heterocycles. The van der Waals surface area contributed by atoms with Crippen molar-refractivity contribution in [2.45, 2.75) is 89.6 Å². The third kappa shape index (κ3) is 4.60. The summed E-state index contributed by atoms with van der Waals surface area (Å²) in [6, 6.07) is 11.0. The zero-order valence-corrected chi connectivity index (χ0v) is 21.8. The van der Waals surface area contributed by atoms with Crippen LogP contribution in [0, 0.1) is 5.92 Å². The molecule has 2 fully saturated rings. The summed E-state index contributed by atoms with van der Waals surface area (Å²) < 4.78 is 23.5. The summed E-state index contributed by atoms with van der Waals surface area (Å²) >= 11 is 0. The number of fused-ring (bicyclic) bond motifs is 4. The normalized spacial score (nSPS) is 23.7. The van der Waals surface area contributed by atoms with Crippen molar-refractivity contribution in [3.63, 3.8) is 0 Å². The van der Waals surface area contributed by atoms with Crippen LogP contribution in [0.3, 0.4) is 0 Å². The second-order valence-electron chi connectivity index (χ2n) is 10.6. The van der Waals surface area contributed by atoms with Crippen molar-refractivity contribution in [1.82, 2.24) is 0 Å². The predicted molar refractivity (Wildman–Crippen MR) is 136 cm³/mol. The second kappa shape index (κ2) is 9.84. The van der Waals surface area contributed by atoms with Gasteiger partial charge in [-0.25, -0.2) is 0 Å². The lowest BCUT2D eigenvalue weighted by molar-refractivity contribution is -0.133. The van der Waals surface area contributed by atoms with Crippen LogP contribution in [0.4, 0.5) is 0 Å². The Hall–Kier alpha value is -3.35. The van der Waals surface area contributed by atoms with Crippen LogP contribution < -0.4 is 18.9 Å². The highest BCUT2D eigenvalue weighted by Gasteiger charge is 2.60. The Morgan fingerprint density at radius 1 is 0.730 bits per heavy atom. The van der Waals surface area contributed by atoms with Gasteiger partial charge in [0.05, 0.1) is 0 Å². The smallest absolute Gasteiger partial charge is 0.308 e. The fourth-order valence-electron chi connectivity index (χ4n) is 7.10. The average Bonchev–Trinajstić information content (AvgIpc) is 2.83. The van der Waals surface area contributed by atoms with Gasteiger partial charge in [0.15, 0.2) is 0 Å². The summed E-state index contributed by atoms with van der Waals surface area (Å²) in [6.07, 6.45) is 9.42. The van der Waals surface area contributed by atoms with E-state index in [1.807, 2.05) is 18.2 Å². The number of esters is 3. The van der Waals surface area contributed by atoms with E-state index < -0.39 is 17.5 Å².